The van der Waals surface area contributed by atoms with E-state index in [-0.39, 0.29) is 13.0 Å². The van der Waals surface area contributed by atoms with E-state index in [1.165, 1.54) is 0 Å². The van der Waals surface area contributed by atoms with Crippen molar-refractivity contribution in [1.82, 2.24) is 0 Å². The molecule has 0 bridgehead atoms. The third kappa shape index (κ3) is 6.96. The Kier molecular flexibility index (Phi) is 8.82. The van der Waals surface area contributed by atoms with Crippen LogP contribution in [0.2, 0.25) is 0 Å². The van der Waals surface area contributed by atoms with E-state index in [1.54, 1.807) is 0 Å². The van der Waals surface area contributed by atoms with Crippen LogP contribution in [0.1, 0.15) is 23.1 Å². The van der Waals surface area contributed by atoms with Gasteiger partial charge in [-0.15, -0.1) is 0 Å². The van der Waals surface area contributed by atoms with E-state index in [4.69, 9.17) is 18.9 Å². The Morgan fingerprint density at radius 1 is 0.735 bits per heavy atom. The van der Waals surface area contributed by atoms with E-state index in [0.29, 0.717) is 19.8 Å². The lowest BCUT2D eigenvalue weighted by atomic mass is 9.95. The van der Waals surface area contributed by atoms with Crippen molar-refractivity contribution in [3.63, 3.8) is 0 Å². The summed E-state index contributed by atoms with van der Waals surface area (Å²) in [5.41, 5.74) is 3.07. The quantitative estimate of drug-likeness (QED) is 0.449. The number of hydrogen-bond donors (Lipinski definition) is 2. The van der Waals surface area contributed by atoms with E-state index < -0.39 is 30.7 Å². The van der Waals surface area contributed by atoms with Gasteiger partial charge in [0.25, 0.3) is 0 Å². The first-order valence-electron chi connectivity index (χ1n) is 11.6. The van der Waals surface area contributed by atoms with Gasteiger partial charge < -0.3 is 29.2 Å². The highest BCUT2D eigenvalue weighted by Crippen LogP contribution is 2.32. The maximum atomic E-state index is 10.9. The molecular weight excluding hydrogens is 432 g/mol. The Morgan fingerprint density at radius 3 is 1.76 bits per heavy atom. The van der Waals surface area contributed by atoms with Crippen molar-refractivity contribution in [3.05, 3.63) is 108 Å². The molecule has 0 radical (unpaired) electrons. The largest absolute Gasteiger partial charge is 0.391 e. The fraction of sp³-hybridized carbons (Fsp3) is 0.357. The lowest BCUT2D eigenvalue weighted by Gasteiger charge is -2.45. The maximum absolute atomic E-state index is 10.9. The summed E-state index contributed by atoms with van der Waals surface area (Å²) in [6.07, 6.45) is -1.53. The summed E-state index contributed by atoms with van der Waals surface area (Å²) in [5, 5.41) is 20.7. The second-order valence-electron chi connectivity index (χ2n) is 8.56. The molecule has 1 aliphatic heterocycles. The smallest absolute Gasteiger partial charge is 0.192 e. The molecule has 6 nitrogen and oxygen atoms in total. The zero-order valence-electron chi connectivity index (χ0n) is 19.2. The highest BCUT2D eigenvalue weighted by molar-refractivity contribution is 5.15. The van der Waals surface area contributed by atoms with Crippen molar-refractivity contribution >= 4 is 0 Å². The zero-order valence-corrected chi connectivity index (χ0v) is 19.2. The average Bonchev–Trinajstić information content (AvgIpc) is 2.89. The first-order valence-corrected chi connectivity index (χ1v) is 11.6. The topological polar surface area (TPSA) is 77.4 Å². The number of aliphatic hydroxyl groups excluding tert-OH is 1. The van der Waals surface area contributed by atoms with Crippen LogP contribution in [0.15, 0.2) is 91.0 Å². The van der Waals surface area contributed by atoms with Gasteiger partial charge in [0.2, 0.25) is 0 Å². The standard InChI is InChI=1S/C28H32O6/c29-21-28(30)16-25(32-18-23-12-6-2-7-13-23)27(33-19-24-14-8-3-9-15-24)26(34-28)20-31-17-22-10-4-1-5-11-22/h1-15,25-27,29-30H,16-21H2/t25-,26-,27+,28-/m1/s1. The maximum Gasteiger partial charge on any atom is 0.192 e. The second kappa shape index (κ2) is 12.2. The zero-order chi connectivity index (χ0) is 23.6. The highest BCUT2D eigenvalue weighted by Gasteiger charge is 2.47. The summed E-state index contributed by atoms with van der Waals surface area (Å²) in [6, 6.07) is 29.5. The predicted octanol–water partition coefficient (Wildman–Crippen LogP) is 3.84. The van der Waals surface area contributed by atoms with E-state index in [2.05, 4.69) is 0 Å². The van der Waals surface area contributed by atoms with Gasteiger partial charge in [-0.1, -0.05) is 91.0 Å². The minimum atomic E-state index is -1.73. The van der Waals surface area contributed by atoms with Crippen LogP contribution in [0.25, 0.3) is 0 Å². The summed E-state index contributed by atoms with van der Waals surface area (Å²) < 4.78 is 24.4. The first kappa shape index (κ1) is 24.5. The SMILES string of the molecule is OC[C@@]1(O)C[C@@H](OCc2ccccc2)[C@H](OCc2ccccc2)[C@@H](COCc2ccccc2)O1. The van der Waals surface area contributed by atoms with Crippen molar-refractivity contribution in [2.75, 3.05) is 13.2 Å². The van der Waals surface area contributed by atoms with Crippen LogP contribution in [0.3, 0.4) is 0 Å². The van der Waals surface area contributed by atoms with E-state index >= 15 is 0 Å². The van der Waals surface area contributed by atoms with Crippen LogP contribution in [0.5, 0.6) is 0 Å². The van der Waals surface area contributed by atoms with Crippen LogP contribution in [-0.4, -0.2) is 47.5 Å². The van der Waals surface area contributed by atoms with Crippen molar-refractivity contribution in [1.29, 1.82) is 0 Å². The fourth-order valence-corrected chi connectivity index (χ4v) is 4.08. The number of benzene rings is 3. The monoisotopic (exact) mass is 464 g/mol. The molecule has 0 spiro atoms. The molecule has 4 rings (SSSR count). The van der Waals surface area contributed by atoms with Gasteiger partial charge in [-0.25, -0.2) is 0 Å². The molecule has 2 N–H and O–H groups in total. The molecule has 4 atom stereocenters. The molecule has 0 saturated carbocycles. The first-order chi connectivity index (χ1) is 16.6. The fourth-order valence-electron chi connectivity index (χ4n) is 4.08. The predicted molar refractivity (Wildman–Crippen MR) is 128 cm³/mol. The molecule has 0 unspecified atom stereocenters. The van der Waals surface area contributed by atoms with Gasteiger partial charge in [-0.2, -0.15) is 0 Å². The summed E-state index contributed by atoms with van der Waals surface area (Å²) in [7, 11) is 0. The minimum Gasteiger partial charge on any atom is -0.391 e. The van der Waals surface area contributed by atoms with Crippen LogP contribution in [0.4, 0.5) is 0 Å². The minimum absolute atomic E-state index is 0.0883. The van der Waals surface area contributed by atoms with E-state index in [9.17, 15) is 10.2 Å². The van der Waals surface area contributed by atoms with E-state index in [1.807, 2.05) is 91.0 Å². The molecule has 1 aliphatic rings. The molecule has 34 heavy (non-hydrogen) atoms. The number of aliphatic hydroxyl groups is 2. The Labute approximate surface area is 200 Å². The van der Waals surface area contributed by atoms with Gasteiger partial charge in [0.15, 0.2) is 5.79 Å². The van der Waals surface area contributed by atoms with Crippen LogP contribution in [-0.2, 0) is 38.8 Å². The van der Waals surface area contributed by atoms with Crippen LogP contribution in [0, 0.1) is 0 Å². The molecule has 1 fully saturated rings. The van der Waals surface area contributed by atoms with Crippen molar-refractivity contribution in [2.45, 2.75) is 50.3 Å². The number of ether oxygens (including phenoxy) is 4. The molecule has 180 valence electrons. The molecule has 6 heteroatoms. The van der Waals surface area contributed by atoms with Crippen molar-refractivity contribution < 1.29 is 29.2 Å². The molecular formula is C28H32O6. The Balaban J connectivity index is 1.48. The highest BCUT2D eigenvalue weighted by atomic mass is 16.7. The van der Waals surface area contributed by atoms with Gasteiger partial charge in [0.05, 0.1) is 39.1 Å². The van der Waals surface area contributed by atoms with Crippen LogP contribution < -0.4 is 0 Å². The van der Waals surface area contributed by atoms with Crippen molar-refractivity contribution in [2.24, 2.45) is 0 Å². The number of rotatable bonds is 11. The van der Waals surface area contributed by atoms with Gasteiger partial charge in [-0.05, 0) is 16.7 Å². The van der Waals surface area contributed by atoms with Gasteiger partial charge in [-0.3, -0.25) is 0 Å². The lowest BCUT2D eigenvalue weighted by Crippen LogP contribution is -2.59. The average molecular weight is 465 g/mol. The molecule has 1 heterocycles. The van der Waals surface area contributed by atoms with E-state index in [0.717, 1.165) is 16.7 Å². The Hall–Kier alpha value is -2.58. The molecule has 3 aromatic carbocycles. The third-order valence-electron chi connectivity index (χ3n) is 5.86. The molecule has 0 amide bonds. The second-order valence-corrected chi connectivity index (χ2v) is 8.56. The Morgan fingerprint density at radius 2 is 1.24 bits per heavy atom. The molecule has 0 aliphatic carbocycles. The normalized spacial score (nSPS) is 24.7. The van der Waals surface area contributed by atoms with Gasteiger partial charge in [0.1, 0.15) is 12.2 Å². The van der Waals surface area contributed by atoms with Gasteiger partial charge >= 0.3 is 0 Å². The molecule has 3 aromatic rings. The lowest BCUT2D eigenvalue weighted by molar-refractivity contribution is -0.329. The van der Waals surface area contributed by atoms with Gasteiger partial charge in [0, 0.05) is 6.42 Å². The summed E-state index contributed by atoms with van der Waals surface area (Å²) >= 11 is 0. The summed E-state index contributed by atoms with van der Waals surface area (Å²) in [6.45, 7) is 0.766. The Bertz CT molecular complexity index is 968. The van der Waals surface area contributed by atoms with Crippen molar-refractivity contribution in [3.8, 4) is 0 Å². The summed E-state index contributed by atoms with van der Waals surface area (Å²) in [5.74, 6) is -1.73. The molecule has 0 aromatic heterocycles. The third-order valence-corrected chi connectivity index (χ3v) is 5.86. The summed E-state index contributed by atoms with van der Waals surface area (Å²) in [4.78, 5) is 0. The number of hydrogen-bond acceptors (Lipinski definition) is 6. The van der Waals surface area contributed by atoms with Crippen LogP contribution >= 0.6 is 0 Å². The molecule has 1 saturated heterocycles.